The van der Waals surface area contributed by atoms with Gasteiger partial charge in [-0.15, -0.1) is 10.2 Å². The molecule has 12 nitrogen and oxygen atoms in total. The minimum absolute atomic E-state index is 0.0500. The van der Waals surface area contributed by atoms with Gasteiger partial charge in [0.25, 0.3) is 5.91 Å². The van der Waals surface area contributed by atoms with Crippen LogP contribution in [0.1, 0.15) is 68.1 Å². The van der Waals surface area contributed by atoms with E-state index >= 15 is 0 Å². The molecule has 2 aromatic carbocycles. The van der Waals surface area contributed by atoms with Crippen molar-refractivity contribution in [1.29, 1.82) is 0 Å². The number of amides is 5. The summed E-state index contributed by atoms with van der Waals surface area (Å²) < 4.78 is 6.30. The van der Waals surface area contributed by atoms with Crippen molar-refractivity contribution < 1.29 is 23.6 Å². The molecule has 1 aromatic heterocycles. The fraction of sp³-hybridized carbons (Fsp3) is 0.438. The Kier molecular flexibility index (Phi) is 10.0. The molecule has 5 amide bonds. The second kappa shape index (κ2) is 14.3. The standard InChI is InChI=1S/C32H39N7O5/c1-20(2)16-23-28(41)36-32(43)35-24(17-21-10-5-3-6-11-21)30-37-38-31(44-30)26(18-22-12-7-4-8-13-22)39-15-9-14-25(39)29(42)33-19-27(40)34-23/h3-8,10-13,20,23-26H,9,14-19H2,1-2H3,(H,33,42)(H,34,40)(H2,35,36,41,43)/t23-,24+,25+,26?/m1/s1. The van der Waals surface area contributed by atoms with Crippen LogP contribution in [0.3, 0.4) is 0 Å². The summed E-state index contributed by atoms with van der Waals surface area (Å²) >= 11 is 0. The van der Waals surface area contributed by atoms with Crippen LogP contribution in [0.2, 0.25) is 0 Å². The van der Waals surface area contributed by atoms with E-state index in [9.17, 15) is 19.2 Å². The monoisotopic (exact) mass is 601 g/mol. The molecule has 44 heavy (non-hydrogen) atoms. The van der Waals surface area contributed by atoms with Gasteiger partial charge in [0.1, 0.15) is 12.1 Å². The summed E-state index contributed by atoms with van der Waals surface area (Å²) in [4.78, 5) is 54.7. The normalized spacial score (nSPS) is 23.7. The summed E-state index contributed by atoms with van der Waals surface area (Å²) in [5.41, 5.74) is 1.94. The zero-order chi connectivity index (χ0) is 31.1. The van der Waals surface area contributed by atoms with Gasteiger partial charge in [0.2, 0.25) is 23.6 Å². The number of urea groups is 1. The molecule has 0 aliphatic carbocycles. The van der Waals surface area contributed by atoms with E-state index in [4.69, 9.17) is 4.42 Å². The molecule has 0 spiro atoms. The first-order valence-corrected chi connectivity index (χ1v) is 15.1. The summed E-state index contributed by atoms with van der Waals surface area (Å²) in [6.07, 6.45) is 2.52. The molecule has 1 fully saturated rings. The molecule has 1 unspecified atom stereocenters. The van der Waals surface area contributed by atoms with Gasteiger partial charge in [-0.1, -0.05) is 74.5 Å². The highest BCUT2D eigenvalue weighted by Crippen LogP contribution is 2.33. The highest BCUT2D eigenvalue weighted by Gasteiger charge is 2.39. The zero-order valence-corrected chi connectivity index (χ0v) is 25.0. The maximum absolute atomic E-state index is 13.4. The van der Waals surface area contributed by atoms with E-state index in [1.807, 2.05) is 79.4 Å². The van der Waals surface area contributed by atoms with E-state index in [0.717, 1.165) is 17.5 Å². The quantitative estimate of drug-likeness (QED) is 0.336. The summed E-state index contributed by atoms with van der Waals surface area (Å²) in [6.45, 7) is 4.14. The van der Waals surface area contributed by atoms with Crippen molar-refractivity contribution in [2.45, 2.75) is 70.1 Å². The van der Waals surface area contributed by atoms with Crippen LogP contribution < -0.4 is 21.3 Å². The van der Waals surface area contributed by atoms with Gasteiger partial charge < -0.3 is 20.4 Å². The van der Waals surface area contributed by atoms with Crippen LogP contribution in [-0.4, -0.2) is 64.0 Å². The van der Waals surface area contributed by atoms with Gasteiger partial charge in [-0.3, -0.25) is 24.6 Å². The molecule has 232 valence electrons. The van der Waals surface area contributed by atoms with Crippen molar-refractivity contribution in [1.82, 2.24) is 36.4 Å². The largest absolute Gasteiger partial charge is 0.421 e. The average molecular weight is 602 g/mol. The third kappa shape index (κ3) is 7.87. The van der Waals surface area contributed by atoms with Crippen molar-refractivity contribution in [3.63, 3.8) is 0 Å². The number of nitrogens with one attached hydrogen (secondary N) is 4. The predicted octanol–water partition coefficient (Wildman–Crippen LogP) is 2.59. The summed E-state index contributed by atoms with van der Waals surface area (Å²) in [5, 5.41) is 19.4. The van der Waals surface area contributed by atoms with Gasteiger partial charge in [-0.2, -0.15) is 0 Å². The SMILES string of the molecule is CC(C)C[C@H]1NC(=O)CNC(=O)[C@@H]2CCCN2C(Cc2ccccc2)c2nnc(o2)[C@H](Cc2ccccc2)NC(=O)NC1=O. The number of aromatic nitrogens is 2. The number of carbonyl (C=O) groups is 4. The number of benzene rings is 2. The van der Waals surface area contributed by atoms with Crippen molar-refractivity contribution in [3.8, 4) is 0 Å². The number of imide groups is 1. The van der Waals surface area contributed by atoms with Gasteiger partial charge in [0, 0.05) is 6.42 Å². The Hall–Kier alpha value is -4.58. The lowest BCUT2D eigenvalue weighted by atomic mass is 10.0. The fourth-order valence-corrected chi connectivity index (χ4v) is 5.83. The third-order valence-corrected chi connectivity index (χ3v) is 7.92. The van der Waals surface area contributed by atoms with Crippen molar-refractivity contribution in [2.75, 3.05) is 13.1 Å². The topological polar surface area (TPSA) is 159 Å². The smallest absolute Gasteiger partial charge is 0.322 e. The van der Waals surface area contributed by atoms with E-state index < -0.39 is 42.0 Å². The van der Waals surface area contributed by atoms with Gasteiger partial charge in [0.05, 0.1) is 18.6 Å². The van der Waals surface area contributed by atoms with Crippen LogP contribution in [0.15, 0.2) is 65.1 Å². The summed E-state index contributed by atoms with van der Waals surface area (Å²) in [5.74, 6) is -0.912. The lowest BCUT2D eigenvalue weighted by Crippen LogP contribution is -2.54. The number of hydrogen-bond acceptors (Lipinski definition) is 8. The second-order valence-electron chi connectivity index (χ2n) is 11.8. The van der Waals surface area contributed by atoms with Crippen LogP contribution in [0, 0.1) is 5.92 Å². The maximum atomic E-state index is 13.4. The molecule has 2 bridgehead atoms. The molecule has 12 heteroatoms. The van der Waals surface area contributed by atoms with Gasteiger partial charge in [0.15, 0.2) is 0 Å². The molecule has 3 heterocycles. The Bertz CT molecular complexity index is 1450. The van der Waals surface area contributed by atoms with Crippen LogP contribution in [0.5, 0.6) is 0 Å². The van der Waals surface area contributed by atoms with Crippen molar-refractivity contribution in [3.05, 3.63) is 83.6 Å². The number of carbonyl (C=O) groups excluding carboxylic acids is 4. The molecule has 0 radical (unpaired) electrons. The van der Waals surface area contributed by atoms with Gasteiger partial charge in [-0.05, 0) is 49.3 Å². The number of hydrogen-bond donors (Lipinski definition) is 4. The minimum atomic E-state index is -0.971. The Labute approximate surface area is 256 Å². The number of rotatable bonds is 6. The molecular formula is C32H39N7O5. The highest BCUT2D eigenvalue weighted by atomic mass is 16.4. The zero-order valence-electron chi connectivity index (χ0n) is 25.0. The molecule has 0 saturated carbocycles. The van der Waals surface area contributed by atoms with Crippen molar-refractivity contribution >= 4 is 23.8 Å². The molecule has 4 N–H and O–H groups in total. The number of fused-ring (bicyclic) bond motifs is 3. The van der Waals surface area contributed by atoms with Crippen LogP contribution in [-0.2, 0) is 27.2 Å². The third-order valence-electron chi connectivity index (χ3n) is 7.92. The van der Waals surface area contributed by atoms with Gasteiger partial charge >= 0.3 is 6.03 Å². The van der Waals surface area contributed by atoms with Crippen LogP contribution in [0.25, 0.3) is 0 Å². The molecule has 1 saturated heterocycles. The lowest BCUT2D eigenvalue weighted by Gasteiger charge is -2.30. The first kappa shape index (κ1) is 30.9. The first-order valence-electron chi connectivity index (χ1n) is 15.1. The Balaban J connectivity index is 1.51. The summed E-state index contributed by atoms with van der Waals surface area (Å²) in [6, 6.07) is 16.0. The van der Waals surface area contributed by atoms with Crippen LogP contribution in [0.4, 0.5) is 4.79 Å². The molecule has 3 aromatic rings. The van der Waals surface area contributed by atoms with Crippen molar-refractivity contribution in [2.24, 2.45) is 5.92 Å². The number of nitrogens with zero attached hydrogens (tertiary/aromatic N) is 3. The molecular weight excluding hydrogens is 562 g/mol. The average Bonchev–Trinajstić information content (AvgIpc) is 3.69. The molecule has 2 aliphatic heterocycles. The predicted molar refractivity (Wildman–Crippen MR) is 161 cm³/mol. The van der Waals surface area contributed by atoms with Gasteiger partial charge in [-0.25, -0.2) is 4.79 Å². The molecule has 2 aliphatic rings. The second-order valence-corrected chi connectivity index (χ2v) is 11.8. The van der Waals surface area contributed by atoms with Crippen LogP contribution >= 0.6 is 0 Å². The molecule has 5 rings (SSSR count). The Morgan fingerprint density at radius 2 is 1.50 bits per heavy atom. The van der Waals surface area contributed by atoms with E-state index in [1.165, 1.54) is 0 Å². The van der Waals surface area contributed by atoms with E-state index in [2.05, 4.69) is 31.5 Å². The summed E-state index contributed by atoms with van der Waals surface area (Å²) in [7, 11) is 0. The molecule has 4 atom stereocenters. The Morgan fingerprint density at radius 1 is 0.841 bits per heavy atom. The maximum Gasteiger partial charge on any atom is 0.322 e. The Morgan fingerprint density at radius 3 is 2.18 bits per heavy atom. The van der Waals surface area contributed by atoms with E-state index in [1.54, 1.807) is 0 Å². The highest BCUT2D eigenvalue weighted by molar-refractivity contribution is 5.99. The van der Waals surface area contributed by atoms with E-state index in [0.29, 0.717) is 38.1 Å². The first-order chi connectivity index (χ1) is 21.3. The fourth-order valence-electron chi connectivity index (χ4n) is 5.83. The van der Waals surface area contributed by atoms with E-state index in [-0.39, 0.29) is 24.3 Å². The minimum Gasteiger partial charge on any atom is -0.421 e. The lowest BCUT2D eigenvalue weighted by molar-refractivity contribution is -0.131.